The topological polar surface area (TPSA) is 32.3 Å². The molecule has 2 aliphatic rings. The minimum atomic E-state index is 0.0124. The van der Waals surface area contributed by atoms with Crippen LogP contribution >= 0.6 is 11.8 Å². The van der Waals surface area contributed by atoms with Crippen molar-refractivity contribution >= 4 is 17.7 Å². The lowest BCUT2D eigenvalue weighted by molar-refractivity contribution is -0.133. The minimum absolute atomic E-state index is 0.0124. The van der Waals surface area contributed by atoms with Crippen molar-refractivity contribution in [2.24, 2.45) is 0 Å². The molecule has 0 aliphatic carbocycles. The van der Waals surface area contributed by atoms with Crippen molar-refractivity contribution < 1.29 is 4.79 Å². The first-order valence-electron chi connectivity index (χ1n) is 7.44. The zero-order chi connectivity index (χ0) is 13.9. The zero-order valence-electron chi connectivity index (χ0n) is 12.0. The summed E-state index contributed by atoms with van der Waals surface area (Å²) in [5.41, 5.74) is 2.62. The van der Waals surface area contributed by atoms with E-state index in [0.717, 1.165) is 37.4 Å². The van der Waals surface area contributed by atoms with Crippen molar-refractivity contribution in [3.05, 3.63) is 35.4 Å². The maximum absolute atomic E-state index is 12.7. The van der Waals surface area contributed by atoms with E-state index in [4.69, 9.17) is 0 Å². The molecule has 2 saturated heterocycles. The lowest BCUT2D eigenvalue weighted by Gasteiger charge is -2.31. The number of rotatable bonds is 2. The van der Waals surface area contributed by atoms with Crippen LogP contribution < -0.4 is 5.32 Å². The van der Waals surface area contributed by atoms with E-state index in [2.05, 4.69) is 41.4 Å². The van der Waals surface area contributed by atoms with Gasteiger partial charge in [0.1, 0.15) is 0 Å². The summed E-state index contributed by atoms with van der Waals surface area (Å²) in [6.45, 7) is 4.00. The second-order valence-corrected chi connectivity index (χ2v) is 6.78. The van der Waals surface area contributed by atoms with E-state index in [0.29, 0.717) is 5.91 Å². The number of thioether (sulfide) groups is 1. The third-order valence-corrected chi connectivity index (χ3v) is 5.36. The van der Waals surface area contributed by atoms with Crippen LogP contribution in [0.1, 0.15) is 30.0 Å². The van der Waals surface area contributed by atoms with Gasteiger partial charge in [-0.1, -0.05) is 24.3 Å². The highest BCUT2D eigenvalue weighted by Crippen LogP contribution is 2.34. The normalized spacial score (nSPS) is 26.8. The molecule has 20 heavy (non-hydrogen) atoms. The Kier molecular flexibility index (Phi) is 4.32. The van der Waals surface area contributed by atoms with E-state index >= 15 is 0 Å². The first-order valence-corrected chi connectivity index (χ1v) is 8.60. The first kappa shape index (κ1) is 14.0. The fourth-order valence-corrected chi connectivity index (χ4v) is 4.16. The fraction of sp³-hybridized carbons (Fsp3) is 0.562. The van der Waals surface area contributed by atoms with Gasteiger partial charge < -0.3 is 10.2 Å². The number of aryl methyl sites for hydroxylation is 1. The highest BCUT2D eigenvalue weighted by molar-refractivity contribution is 7.99. The average Bonchev–Trinajstić information content (AvgIpc) is 2.97. The second-order valence-electron chi connectivity index (χ2n) is 5.63. The van der Waals surface area contributed by atoms with E-state index in [1.54, 1.807) is 0 Å². The van der Waals surface area contributed by atoms with Crippen LogP contribution in [0, 0.1) is 6.92 Å². The number of hydrogen-bond acceptors (Lipinski definition) is 3. The summed E-state index contributed by atoms with van der Waals surface area (Å²) in [6, 6.07) is 8.76. The Hall–Kier alpha value is -1.000. The van der Waals surface area contributed by atoms with Gasteiger partial charge in [0, 0.05) is 24.6 Å². The van der Waals surface area contributed by atoms with Gasteiger partial charge in [-0.3, -0.25) is 4.79 Å². The average molecular weight is 290 g/mol. The number of carbonyl (C=O) groups excluding carboxylic acids is 1. The third-order valence-electron chi connectivity index (χ3n) is 4.30. The molecule has 2 unspecified atom stereocenters. The molecule has 1 aromatic rings. The van der Waals surface area contributed by atoms with Gasteiger partial charge in [0.15, 0.2) is 0 Å². The molecule has 2 atom stereocenters. The maximum atomic E-state index is 12.7. The molecule has 0 aromatic heterocycles. The summed E-state index contributed by atoms with van der Waals surface area (Å²) >= 11 is 1.88. The summed E-state index contributed by atoms with van der Waals surface area (Å²) in [5, 5.41) is 3.37. The predicted molar refractivity (Wildman–Crippen MR) is 84.0 cm³/mol. The van der Waals surface area contributed by atoms with Crippen molar-refractivity contribution in [3.63, 3.8) is 0 Å². The van der Waals surface area contributed by atoms with Crippen molar-refractivity contribution in [2.45, 2.75) is 31.8 Å². The molecule has 4 heteroatoms. The monoisotopic (exact) mass is 290 g/mol. The SMILES string of the molecule is Cc1ccccc1C1CCCN1C(=O)C1CSCCN1. The summed E-state index contributed by atoms with van der Waals surface area (Å²) in [5.74, 6) is 2.32. The van der Waals surface area contributed by atoms with E-state index in [9.17, 15) is 4.79 Å². The Labute approximate surface area is 125 Å². The fourth-order valence-electron chi connectivity index (χ4n) is 3.24. The molecule has 0 spiro atoms. The molecule has 3 nitrogen and oxygen atoms in total. The van der Waals surface area contributed by atoms with E-state index in [1.807, 2.05) is 11.8 Å². The van der Waals surface area contributed by atoms with Gasteiger partial charge in [0.05, 0.1) is 12.1 Å². The van der Waals surface area contributed by atoms with E-state index < -0.39 is 0 Å². The number of nitrogens with zero attached hydrogens (tertiary/aromatic N) is 1. The summed E-state index contributed by atoms with van der Waals surface area (Å²) in [4.78, 5) is 14.8. The van der Waals surface area contributed by atoms with E-state index in [-0.39, 0.29) is 12.1 Å². The number of amides is 1. The molecule has 1 N–H and O–H groups in total. The van der Waals surface area contributed by atoms with Crippen molar-refractivity contribution in [3.8, 4) is 0 Å². The Balaban J connectivity index is 1.78. The second kappa shape index (κ2) is 6.19. The van der Waals surface area contributed by atoms with Gasteiger partial charge >= 0.3 is 0 Å². The molecule has 108 valence electrons. The summed E-state index contributed by atoms with van der Waals surface area (Å²) < 4.78 is 0. The highest BCUT2D eigenvalue weighted by Gasteiger charge is 2.34. The maximum Gasteiger partial charge on any atom is 0.241 e. The molecular formula is C16H22N2OS. The molecule has 0 radical (unpaired) electrons. The molecule has 2 heterocycles. The molecular weight excluding hydrogens is 268 g/mol. The zero-order valence-corrected chi connectivity index (χ0v) is 12.8. The van der Waals surface area contributed by atoms with Crippen LogP contribution in [-0.2, 0) is 4.79 Å². The molecule has 0 saturated carbocycles. The third kappa shape index (κ3) is 2.72. The molecule has 1 aromatic carbocycles. The van der Waals surface area contributed by atoms with Gasteiger partial charge in [-0.15, -0.1) is 0 Å². The van der Waals surface area contributed by atoms with Crippen molar-refractivity contribution in [1.29, 1.82) is 0 Å². The quantitative estimate of drug-likeness (QED) is 0.907. The summed E-state index contributed by atoms with van der Waals surface area (Å²) in [7, 11) is 0. The highest BCUT2D eigenvalue weighted by atomic mass is 32.2. The Bertz CT molecular complexity index is 485. The number of hydrogen-bond donors (Lipinski definition) is 1. The van der Waals surface area contributed by atoms with Crippen LogP contribution in [0.5, 0.6) is 0 Å². The number of carbonyl (C=O) groups is 1. The minimum Gasteiger partial charge on any atom is -0.334 e. The number of likely N-dealkylation sites (tertiary alicyclic amines) is 1. The van der Waals surface area contributed by atoms with Crippen LogP contribution in [0.3, 0.4) is 0 Å². The Morgan fingerprint density at radius 2 is 2.25 bits per heavy atom. The first-order chi connectivity index (χ1) is 9.77. The molecule has 0 bridgehead atoms. The van der Waals surface area contributed by atoms with Crippen LogP contribution in [0.25, 0.3) is 0 Å². The van der Waals surface area contributed by atoms with Gasteiger partial charge in [-0.05, 0) is 30.9 Å². The van der Waals surface area contributed by atoms with Gasteiger partial charge in [0.2, 0.25) is 5.91 Å². The van der Waals surface area contributed by atoms with E-state index in [1.165, 1.54) is 11.1 Å². The number of benzene rings is 1. The largest absolute Gasteiger partial charge is 0.334 e. The summed E-state index contributed by atoms with van der Waals surface area (Å²) in [6.07, 6.45) is 2.21. The smallest absolute Gasteiger partial charge is 0.241 e. The van der Waals surface area contributed by atoms with Crippen LogP contribution in [-0.4, -0.2) is 41.4 Å². The van der Waals surface area contributed by atoms with Crippen molar-refractivity contribution in [1.82, 2.24) is 10.2 Å². The Morgan fingerprint density at radius 1 is 1.40 bits per heavy atom. The number of nitrogens with one attached hydrogen (secondary N) is 1. The predicted octanol–water partition coefficient (Wildman–Crippen LogP) is 2.36. The van der Waals surface area contributed by atoms with Crippen LogP contribution in [0.15, 0.2) is 24.3 Å². The molecule has 2 aliphatic heterocycles. The van der Waals surface area contributed by atoms with Crippen LogP contribution in [0.4, 0.5) is 0 Å². The molecule has 2 fully saturated rings. The standard InChI is InChI=1S/C16H22N2OS/c1-12-5-2-3-6-13(12)15-7-4-9-18(15)16(19)14-11-20-10-8-17-14/h2-3,5-6,14-15,17H,4,7-11H2,1H3. The molecule has 3 rings (SSSR count). The Morgan fingerprint density at radius 3 is 3.00 bits per heavy atom. The van der Waals surface area contributed by atoms with Crippen molar-refractivity contribution in [2.75, 3.05) is 24.6 Å². The lowest BCUT2D eigenvalue weighted by atomic mass is 9.99. The van der Waals surface area contributed by atoms with Gasteiger partial charge in [-0.25, -0.2) is 0 Å². The van der Waals surface area contributed by atoms with Gasteiger partial charge in [-0.2, -0.15) is 11.8 Å². The molecule has 1 amide bonds. The lowest BCUT2D eigenvalue weighted by Crippen LogP contribution is -2.50. The van der Waals surface area contributed by atoms with Gasteiger partial charge in [0.25, 0.3) is 0 Å². The van der Waals surface area contributed by atoms with Crippen LogP contribution in [0.2, 0.25) is 0 Å².